The molecular weight excluding hydrogens is 338 g/mol. The van der Waals surface area contributed by atoms with Gasteiger partial charge in [0.05, 0.1) is 4.90 Å². The van der Waals surface area contributed by atoms with E-state index in [1.165, 1.54) is 0 Å². The molecule has 1 saturated carbocycles. The second-order valence-corrected chi connectivity index (χ2v) is 8.52. The number of hydrogen-bond donors (Lipinski definition) is 2. The first-order valence-corrected chi connectivity index (χ1v) is 10.3. The van der Waals surface area contributed by atoms with E-state index in [1.54, 1.807) is 24.3 Å². The van der Waals surface area contributed by atoms with Crippen LogP contribution in [0, 0.1) is 12.8 Å². The van der Waals surface area contributed by atoms with Gasteiger partial charge in [-0.25, -0.2) is 13.1 Å². The zero-order valence-corrected chi connectivity index (χ0v) is 15.5. The van der Waals surface area contributed by atoms with Crippen molar-refractivity contribution in [2.45, 2.75) is 62.8 Å². The molecule has 1 aliphatic rings. The minimum absolute atomic E-state index is 0.00304. The van der Waals surface area contributed by atoms with Gasteiger partial charge in [-0.05, 0) is 63.5 Å². The fraction of sp³-hybridized carbons (Fsp3) is 0.526. The topological polar surface area (TPSA) is 83.5 Å². The van der Waals surface area contributed by atoms with Gasteiger partial charge in [0.2, 0.25) is 10.0 Å². The van der Waals surface area contributed by atoms with Gasteiger partial charge in [0.15, 0.2) is 0 Å². The van der Waals surface area contributed by atoms with E-state index in [1.807, 2.05) is 13.0 Å². The summed E-state index contributed by atoms with van der Waals surface area (Å²) in [6.45, 7) is 1.93. The number of rotatable bonds is 9. The van der Waals surface area contributed by atoms with Crippen LogP contribution in [0.4, 0.5) is 0 Å². The first-order chi connectivity index (χ1) is 11.9. The van der Waals surface area contributed by atoms with Crippen LogP contribution >= 0.6 is 0 Å². The Hall–Kier alpha value is -1.66. The summed E-state index contributed by atoms with van der Waals surface area (Å²) in [5, 5.41) is 8.58. The Labute approximate surface area is 150 Å². The van der Waals surface area contributed by atoms with E-state index >= 15 is 0 Å². The van der Waals surface area contributed by atoms with E-state index in [2.05, 4.69) is 10.8 Å². The minimum Gasteiger partial charge on any atom is -0.481 e. The lowest BCUT2D eigenvalue weighted by atomic mass is 10.0. The van der Waals surface area contributed by atoms with Crippen molar-refractivity contribution in [1.82, 2.24) is 4.72 Å². The lowest BCUT2D eigenvalue weighted by Crippen LogP contribution is -2.33. The molecule has 0 saturated heterocycles. The smallest absolute Gasteiger partial charge is 0.303 e. The predicted molar refractivity (Wildman–Crippen MR) is 97.9 cm³/mol. The summed E-state index contributed by atoms with van der Waals surface area (Å²) in [5.41, 5.74) is 1.04. The average Bonchev–Trinajstić information content (AvgIpc) is 2.97. The van der Waals surface area contributed by atoms with E-state index in [-0.39, 0.29) is 12.5 Å². The van der Waals surface area contributed by atoms with E-state index in [9.17, 15) is 13.2 Å². The van der Waals surface area contributed by atoms with Gasteiger partial charge >= 0.3 is 5.97 Å². The highest BCUT2D eigenvalue weighted by Crippen LogP contribution is 2.29. The molecular formula is C19H27NO4S. The molecule has 0 amide bonds. The van der Waals surface area contributed by atoms with Gasteiger partial charge in [-0.15, -0.1) is 0 Å². The van der Waals surface area contributed by atoms with Crippen molar-refractivity contribution in [2.75, 3.05) is 0 Å². The van der Waals surface area contributed by atoms with Crippen LogP contribution in [0.15, 0.2) is 41.3 Å². The number of aliphatic carboxylic acids is 1. The van der Waals surface area contributed by atoms with Gasteiger partial charge in [-0.3, -0.25) is 4.79 Å². The Bertz CT molecular complexity index is 695. The van der Waals surface area contributed by atoms with Crippen LogP contribution in [-0.2, 0) is 14.8 Å². The summed E-state index contributed by atoms with van der Waals surface area (Å²) in [5.74, 6) is -0.269. The molecule has 25 heavy (non-hydrogen) atoms. The van der Waals surface area contributed by atoms with Crippen LogP contribution in [0.2, 0.25) is 0 Å². The van der Waals surface area contributed by atoms with Crippen molar-refractivity contribution < 1.29 is 18.3 Å². The van der Waals surface area contributed by atoms with Crippen LogP contribution in [0.25, 0.3) is 0 Å². The zero-order valence-electron chi connectivity index (χ0n) is 14.6. The number of hydrogen-bond acceptors (Lipinski definition) is 3. The normalized spacial score (nSPS) is 21.0. The minimum atomic E-state index is -3.45. The number of carboxylic acid groups (broad SMARTS) is 1. The molecule has 1 aromatic carbocycles. The maximum atomic E-state index is 12.4. The van der Waals surface area contributed by atoms with Crippen LogP contribution in [-0.4, -0.2) is 25.5 Å². The molecule has 2 atom stereocenters. The molecule has 0 aliphatic heterocycles. The quantitative estimate of drug-likeness (QED) is 0.517. The largest absolute Gasteiger partial charge is 0.481 e. The van der Waals surface area contributed by atoms with Gasteiger partial charge < -0.3 is 5.11 Å². The molecule has 1 aromatic rings. The summed E-state index contributed by atoms with van der Waals surface area (Å²) in [7, 11) is -3.45. The Morgan fingerprint density at radius 2 is 1.96 bits per heavy atom. The number of nitrogens with one attached hydrogen (secondary N) is 1. The monoisotopic (exact) mass is 365 g/mol. The van der Waals surface area contributed by atoms with Crippen molar-refractivity contribution in [1.29, 1.82) is 0 Å². The molecule has 0 radical (unpaired) electrons. The number of carboxylic acids is 1. The third-order valence-corrected chi connectivity index (χ3v) is 6.13. The number of benzene rings is 1. The number of allylic oxidation sites excluding steroid dienone is 2. The predicted octanol–water partition coefficient (Wildman–Crippen LogP) is 3.64. The number of aryl methyl sites for hydroxylation is 1. The maximum Gasteiger partial charge on any atom is 0.303 e. The van der Waals surface area contributed by atoms with Gasteiger partial charge in [0.25, 0.3) is 0 Å². The Morgan fingerprint density at radius 3 is 2.64 bits per heavy atom. The molecule has 2 rings (SSSR count). The van der Waals surface area contributed by atoms with Gasteiger partial charge in [-0.1, -0.05) is 29.8 Å². The van der Waals surface area contributed by atoms with Crippen molar-refractivity contribution in [3.63, 3.8) is 0 Å². The summed E-state index contributed by atoms with van der Waals surface area (Å²) >= 11 is 0. The fourth-order valence-electron chi connectivity index (χ4n) is 3.18. The summed E-state index contributed by atoms with van der Waals surface area (Å²) in [6, 6.07) is 6.90. The number of carbonyl (C=O) groups is 1. The highest BCUT2D eigenvalue weighted by atomic mass is 32.2. The first-order valence-electron chi connectivity index (χ1n) is 8.82. The second-order valence-electron chi connectivity index (χ2n) is 6.80. The highest BCUT2D eigenvalue weighted by molar-refractivity contribution is 7.89. The number of sulfonamides is 1. The Kier molecular flexibility index (Phi) is 7.20. The van der Waals surface area contributed by atoms with Gasteiger partial charge in [0.1, 0.15) is 0 Å². The van der Waals surface area contributed by atoms with Crippen LogP contribution < -0.4 is 4.72 Å². The molecule has 6 heteroatoms. The summed E-state index contributed by atoms with van der Waals surface area (Å²) in [6.07, 6.45) is 9.44. The third-order valence-electron chi connectivity index (χ3n) is 4.59. The molecule has 0 spiro atoms. The molecule has 2 unspecified atom stereocenters. The maximum absolute atomic E-state index is 12.4. The van der Waals surface area contributed by atoms with Crippen molar-refractivity contribution in [3.05, 3.63) is 42.0 Å². The molecule has 138 valence electrons. The van der Waals surface area contributed by atoms with Gasteiger partial charge in [0, 0.05) is 12.5 Å². The van der Waals surface area contributed by atoms with Crippen molar-refractivity contribution >= 4 is 16.0 Å². The molecule has 1 fully saturated rings. The molecule has 2 N–H and O–H groups in total. The molecule has 5 nitrogen and oxygen atoms in total. The van der Waals surface area contributed by atoms with Crippen LogP contribution in [0.1, 0.15) is 50.5 Å². The van der Waals surface area contributed by atoms with Crippen LogP contribution in [0.5, 0.6) is 0 Å². The lowest BCUT2D eigenvalue weighted by Gasteiger charge is -2.13. The molecule has 0 bridgehead atoms. The average molecular weight is 365 g/mol. The standard InChI is InChI=1S/C19H27NO4S/c1-15-8-12-18(13-9-15)25(23,24)20-17-11-10-16(14-17)6-4-2-3-5-7-19(21)22/h2,4,8-9,12-13,16-17,20H,3,5-7,10-11,14H2,1H3,(H,21,22). The van der Waals surface area contributed by atoms with E-state index < -0.39 is 16.0 Å². The fourth-order valence-corrected chi connectivity index (χ4v) is 4.46. The van der Waals surface area contributed by atoms with Crippen LogP contribution in [0.3, 0.4) is 0 Å². The highest BCUT2D eigenvalue weighted by Gasteiger charge is 2.28. The van der Waals surface area contributed by atoms with Gasteiger partial charge in [-0.2, -0.15) is 0 Å². The Balaban J connectivity index is 1.76. The first kappa shape index (κ1) is 19.7. The molecule has 0 aromatic heterocycles. The molecule has 1 aliphatic carbocycles. The summed E-state index contributed by atoms with van der Waals surface area (Å²) < 4.78 is 27.7. The van der Waals surface area contributed by atoms with E-state index in [0.717, 1.165) is 37.7 Å². The Morgan fingerprint density at radius 1 is 1.24 bits per heavy atom. The summed E-state index contributed by atoms with van der Waals surface area (Å²) in [4.78, 5) is 10.7. The second kappa shape index (κ2) is 9.15. The molecule has 0 heterocycles. The SMILES string of the molecule is Cc1ccc(S(=O)(=O)NC2CCC(CC=CCCCC(=O)O)C2)cc1. The van der Waals surface area contributed by atoms with E-state index in [0.29, 0.717) is 17.2 Å². The third kappa shape index (κ3) is 6.63. The van der Waals surface area contributed by atoms with E-state index in [4.69, 9.17) is 5.11 Å². The van der Waals surface area contributed by atoms with Crippen molar-refractivity contribution in [3.8, 4) is 0 Å². The zero-order chi connectivity index (χ0) is 18.3. The van der Waals surface area contributed by atoms with Crippen molar-refractivity contribution in [2.24, 2.45) is 5.92 Å². The number of unbranched alkanes of at least 4 members (excludes halogenated alkanes) is 1. The lowest BCUT2D eigenvalue weighted by molar-refractivity contribution is -0.137.